The average Bonchev–Trinajstić information content (AvgIpc) is 2.03. The van der Waals surface area contributed by atoms with Gasteiger partial charge in [-0.25, -0.2) is 0 Å². The van der Waals surface area contributed by atoms with E-state index >= 15 is 0 Å². The number of terminal acetylenes is 1. The fourth-order valence-corrected chi connectivity index (χ4v) is 1.30. The fraction of sp³-hybridized carbons (Fsp3) is 0.778. The van der Waals surface area contributed by atoms with Gasteiger partial charge >= 0.3 is 0 Å². The molecule has 0 spiro atoms. The van der Waals surface area contributed by atoms with E-state index in [4.69, 9.17) is 15.9 Å². The van der Waals surface area contributed by atoms with Crippen LogP contribution in [-0.4, -0.2) is 17.5 Å². The van der Waals surface area contributed by atoms with Crippen LogP contribution in [0.15, 0.2) is 0 Å². The second kappa shape index (κ2) is 2.23. The van der Waals surface area contributed by atoms with E-state index in [1.807, 2.05) is 27.7 Å². The van der Waals surface area contributed by atoms with Crippen LogP contribution >= 0.6 is 0 Å². The summed E-state index contributed by atoms with van der Waals surface area (Å²) >= 11 is 0. The van der Waals surface area contributed by atoms with Crippen LogP contribution in [0.2, 0.25) is 0 Å². The number of rotatable bonds is 0. The largest absolute Gasteiger partial charge is 0.343 e. The summed E-state index contributed by atoms with van der Waals surface area (Å²) in [6.07, 6.45) is 5.29. The third-order valence-corrected chi connectivity index (χ3v) is 1.98. The number of hydrogen-bond acceptors (Lipinski definition) is 2. The van der Waals surface area contributed by atoms with Gasteiger partial charge in [-0.1, -0.05) is 5.92 Å². The van der Waals surface area contributed by atoms with Crippen LogP contribution < -0.4 is 0 Å². The van der Waals surface area contributed by atoms with Gasteiger partial charge in [-0.15, -0.1) is 6.42 Å². The smallest absolute Gasteiger partial charge is 0.165 e. The van der Waals surface area contributed by atoms with Gasteiger partial charge in [0, 0.05) is 0 Å². The minimum absolute atomic E-state index is 0.0394. The van der Waals surface area contributed by atoms with E-state index in [0.29, 0.717) is 0 Å². The Kier molecular flexibility index (Phi) is 1.74. The maximum Gasteiger partial charge on any atom is 0.165 e. The number of hydrogen-bond donors (Lipinski definition) is 0. The molecule has 0 N–H and O–H groups in total. The lowest BCUT2D eigenvalue weighted by molar-refractivity contribution is -0.151. The van der Waals surface area contributed by atoms with Gasteiger partial charge in [-0.3, -0.25) is 0 Å². The number of ether oxygens (including phenoxy) is 2. The Balaban J connectivity index is 2.84. The first kappa shape index (κ1) is 8.58. The Labute approximate surface area is 67.9 Å². The van der Waals surface area contributed by atoms with Crippen molar-refractivity contribution in [2.45, 2.75) is 45.2 Å². The van der Waals surface area contributed by atoms with Crippen LogP contribution in [0.25, 0.3) is 0 Å². The van der Waals surface area contributed by atoms with Gasteiger partial charge in [0.2, 0.25) is 0 Å². The molecule has 0 aromatic carbocycles. The Morgan fingerprint density at radius 1 is 1.36 bits per heavy atom. The summed E-state index contributed by atoms with van der Waals surface area (Å²) in [6.45, 7) is 7.53. The van der Waals surface area contributed by atoms with Crippen molar-refractivity contribution < 1.29 is 9.47 Å². The molecule has 1 aliphatic rings. The van der Waals surface area contributed by atoms with Crippen molar-refractivity contribution in [3.63, 3.8) is 0 Å². The molecule has 2 unspecified atom stereocenters. The molecule has 0 aliphatic carbocycles. The first-order valence-corrected chi connectivity index (χ1v) is 3.75. The van der Waals surface area contributed by atoms with Crippen LogP contribution in [0, 0.1) is 12.3 Å². The molecule has 2 heteroatoms. The molecular weight excluding hydrogens is 140 g/mol. The molecule has 11 heavy (non-hydrogen) atoms. The fourth-order valence-electron chi connectivity index (χ4n) is 1.30. The third kappa shape index (κ3) is 1.40. The van der Waals surface area contributed by atoms with Crippen molar-refractivity contribution in [3.05, 3.63) is 0 Å². The van der Waals surface area contributed by atoms with E-state index < -0.39 is 11.4 Å². The van der Waals surface area contributed by atoms with E-state index in [2.05, 4.69) is 5.92 Å². The highest BCUT2D eigenvalue weighted by atomic mass is 16.8. The highest BCUT2D eigenvalue weighted by molar-refractivity contribution is 5.12. The summed E-state index contributed by atoms with van der Waals surface area (Å²) < 4.78 is 11.0. The summed E-state index contributed by atoms with van der Waals surface area (Å²) in [5, 5.41) is 0. The van der Waals surface area contributed by atoms with Gasteiger partial charge in [0.25, 0.3) is 0 Å². The van der Waals surface area contributed by atoms with Gasteiger partial charge < -0.3 is 9.47 Å². The van der Waals surface area contributed by atoms with Crippen molar-refractivity contribution in [1.82, 2.24) is 0 Å². The summed E-state index contributed by atoms with van der Waals surface area (Å²) in [4.78, 5) is 0. The first-order chi connectivity index (χ1) is 4.90. The molecule has 1 rings (SSSR count). The molecule has 1 saturated heterocycles. The van der Waals surface area contributed by atoms with E-state index in [1.165, 1.54) is 0 Å². The molecular formula is C9H14O2. The first-order valence-electron chi connectivity index (χ1n) is 3.75. The molecule has 62 valence electrons. The standard InChI is InChI=1S/C9H14O2/c1-6-9(5)7(2)10-8(3,4)11-9/h1,7H,2-5H3. The molecule has 0 bridgehead atoms. The normalized spacial score (nSPS) is 41.9. The average molecular weight is 154 g/mol. The minimum atomic E-state index is -0.566. The molecule has 1 fully saturated rings. The summed E-state index contributed by atoms with van der Waals surface area (Å²) in [7, 11) is 0. The highest BCUT2D eigenvalue weighted by Gasteiger charge is 2.46. The van der Waals surface area contributed by atoms with Gasteiger partial charge in [0.05, 0.1) is 6.10 Å². The molecule has 0 aromatic heterocycles. The van der Waals surface area contributed by atoms with Crippen molar-refractivity contribution in [2.24, 2.45) is 0 Å². The van der Waals surface area contributed by atoms with Crippen molar-refractivity contribution in [2.75, 3.05) is 0 Å². The summed E-state index contributed by atoms with van der Waals surface area (Å²) in [6, 6.07) is 0. The quantitative estimate of drug-likeness (QED) is 0.493. The Bertz CT molecular complexity index is 202. The van der Waals surface area contributed by atoms with Gasteiger partial charge in [-0.2, -0.15) is 0 Å². The lowest BCUT2D eigenvalue weighted by atomic mass is 10.0. The Morgan fingerprint density at radius 2 is 1.91 bits per heavy atom. The summed E-state index contributed by atoms with van der Waals surface area (Å²) in [5.74, 6) is 2.06. The molecule has 1 heterocycles. The topological polar surface area (TPSA) is 18.5 Å². The van der Waals surface area contributed by atoms with Gasteiger partial charge in [0.15, 0.2) is 11.4 Å². The predicted octanol–water partition coefficient (Wildman–Crippen LogP) is 1.55. The van der Waals surface area contributed by atoms with E-state index in [-0.39, 0.29) is 6.10 Å². The molecule has 2 atom stereocenters. The monoisotopic (exact) mass is 154 g/mol. The predicted molar refractivity (Wildman–Crippen MR) is 42.9 cm³/mol. The van der Waals surface area contributed by atoms with Crippen molar-refractivity contribution >= 4 is 0 Å². The Hall–Kier alpha value is -0.520. The summed E-state index contributed by atoms with van der Waals surface area (Å²) in [5.41, 5.74) is -0.566. The zero-order chi connectivity index (χ0) is 8.70. The Morgan fingerprint density at radius 3 is 2.09 bits per heavy atom. The van der Waals surface area contributed by atoms with Gasteiger partial charge in [0.1, 0.15) is 0 Å². The SMILES string of the molecule is C#CC1(C)OC(C)(C)OC1C. The minimum Gasteiger partial charge on any atom is -0.343 e. The molecule has 1 aliphatic heterocycles. The highest BCUT2D eigenvalue weighted by Crippen LogP contribution is 2.35. The molecule has 0 saturated carbocycles. The molecule has 2 nitrogen and oxygen atoms in total. The van der Waals surface area contributed by atoms with E-state index in [9.17, 15) is 0 Å². The second-order valence-corrected chi connectivity index (χ2v) is 3.51. The van der Waals surface area contributed by atoms with Crippen LogP contribution in [0.4, 0.5) is 0 Å². The zero-order valence-electron chi connectivity index (χ0n) is 7.47. The molecule has 0 radical (unpaired) electrons. The molecule has 0 aromatic rings. The second-order valence-electron chi connectivity index (χ2n) is 3.51. The van der Waals surface area contributed by atoms with Crippen molar-refractivity contribution in [3.8, 4) is 12.3 Å². The third-order valence-electron chi connectivity index (χ3n) is 1.98. The van der Waals surface area contributed by atoms with Crippen LogP contribution in [0.1, 0.15) is 27.7 Å². The molecule has 0 amide bonds. The maximum atomic E-state index is 5.54. The lowest BCUT2D eigenvalue weighted by Crippen LogP contribution is -2.33. The van der Waals surface area contributed by atoms with E-state index in [1.54, 1.807) is 0 Å². The van der Waals surface area contributed by atoms with Crippen molar-refractivity contribution in [1.29, 1.82) is 0 Å². The maximum absolute atomic E-state index is 5.54. The van der Waals surface area contributed by atoms with Crippen LogP contribution in [-0.2, 0) is 9.47 Å². The van der Waals surface area contributed by atoms with Gasteiger partial charge in [-0.05, 0) is 27.7 Å². The van der Waals surface area contributed by atoms with Crippen LogP contribution in [0.3, 0.4) is 0 Å². The zero-order valence-corrected chi connectivity index (χ0v) is 7.47. The lowest BCUT2D eigenvalue weighted by Gasteiger charge is -2.20. The van der Waals surface area contributed by atoms with Crippen LogP contribution in [0.5, 0.6) is 0 Å². The van der Waals surface area contributed by atoms with E-state index in [0.717, 1.165) is 0 Å².